The summed E-state index contributed by atoms with van der Waals surface area (Å²) in [5, 5.41) is 9.66. The molecule has 1 aromatic heterocycles. The summed E-state index contributed by atoms with van der Waals surface area (Å²) in [4.78, 5) is 30.5. The summed E-state index contributed by atoms with van der Waals surface area (Å²) in [6, 6.07) is 2.07. The third-order valence-electron chi connectivity index (χ3n) is 5.86. The molecule has 0 N–H and O–H groups in total. The Labute approximate surface area is 199 Å². The van der Waals surface area contributed by atoms with Crippen molar-refractivity contribution in [1.29, 1.82) is 5.26 Å². The average molecular weight is 475 g/mol. The Kier molecular flexibility index (Phi) is 8.51. The zero-order valence-corrected chi connectivity index (χ0v) is 20.6. The first-order valence-electron chi connectivity index (χ1n) is 11.2. The maximum absolute atomic E-state index is 13.1. The molecule has 0 unspecified atom stereocenters. The van der Waals surface area contributed by atoms with Crippen molar-refractivity contribution in [2.24, 2.45) is 0 Å². The number of pyridine rings is 1. The molecule has 0 radical (unpaired) electrons. The van der Waals surface area contributed by atoms with Crippen LogP contribution in [0, 0.1) is 18.3 Å². The van der Waals surface area contributed by atoms with Gasteiger partial charge in [0.25, 0.3) is 11.5 Å². The molecule has 0 saturated carbocycles. The Balaban J connectivity index is 2.06. The third kappa shape index (κ3) is 4.92. The minimum Gasteiger partial charge on any atom is -0.378 e. The fourth-order valence-corrected chi connectivity index (χ4v) is 5.36. The van der Waals surface area contributed by atoms with Crippen molar-refractivity contribution in [3.05, 3.63) is 31.9 Å². The number of hydrogen-bond acceptors (Lipinski definition) is 7. The SMILES string of the molecule is CCCCCCN1C(=O)C(=Cc2c(C)c(C#N)c(=O)n(CC)c2N2CCOCC2)SC1=S. The van der Waals surface area contributed by atoms with Crippen molar-refractivity contribution in [1.82, 2.24) is 9.47 Å². The van der Waals surface area contributed by atoms with Crippen LogP contribution in [0.15, 0.2) is 9.70 Å². The van der Waals surface area contributed by atoms with Crippen LogP contribution in [-0.4, -0.2) is 52.5 Å². The normalized spacial score (nSPS) is 18.0. The van der Waals surface area contributed by atoms with Gasteiger partial charge in [0.1, 0.15) is 21.8 Å². The van der Waals surface area contributed by atoms with Gasteiger partial charge >= 0.3 is 0 Å². The first-order valence-corrected chi connectivity index (χ1v) is 12.4. The molecule has 2 fully saturated rings. The molecule has 0 bridgehead atoms. The van der Waals surface area contributed by atoms with Crippen LogP contribution in [0.5, 0.6) is 0 Å². The molecule has 2 aliphatic heterocycles. The van der Waals surface area contributed by atoms with E-state index in [0.29, 0.717) is 54.2 Å². The molecular weight excluding hydrogens is 444 g/mol. The Morgan fingerprint density at radius 2 is 1.91 bits per heavy atom. The minimum absolute atomic E-state index is 0.100. The van der Waals surface area contributed by atoms with E-state index in [4.69, 9.17) is 17.0 Å². The lowest BCUT2D eigenvalue weighted by Gasteiger charge is -2.33. The molecule has 32 heavy (non-hydrogen) atoms. The van der Waals surface area contributed by atoms with Gasteiger partial charge in [0.15, 0.2) is 0 Å². The topological polar surface area (TPSA) is 78.6 Å². The van der Waals surface area contributed by atoms with Crippen LogP contribution in [0.3, 0.4) is 0 Å². The smallest absolute Gasteiger partial charge is 0.270 e. The van der Waals surface area contributed by atoms with Crippen molar-refractivity contribution in [2.45, 2.75) is 53.0 Å². The molecule has 3 rings (SSSR count). The fraction of sp³-hybridized carbons (Fsp3) is 0.565. The number of nitrogens with zero attached hydrogens (tertiary/aromatic N) is 4. The number of thioether (sulfide) groups is 1. The molecule has 2 aliphatic rings. The van der Waals surface area contributed by atoms with Gasteiger partial charge in [-0.05, 0) is 31.9 Å². The first-order chi connectivity index (χ1) is 15.4. The molecule has 7 nitrogen and oxygen atoms in total. The maximum atomic E-state index is 13.1. The van der Waals surface area contributed by atoms with Gasteiger partial charge in [-0.15, -0.1) is 0 Å². The monoisotopic (exact) mass is 474 g/mol. The molecule has 0 spiro atoms. The number of morpholine rings is 1. The molecule has 0 aliphatic carbocycles. The largest absolute Gasteiger partial charge is 0.378 e. The third-order valence-corrected chi connectivity index (χ3v) is 7.24. The van der Waals surface area contributed by atoms with Gasteiger partial charge in [0, 0.05) is 31.7 Å². The number of nitriles is 1. The summed E-state index contributed by atoms with van der Waals surface area (Å²) in [5.74, 6) is 0.641. The van der Waals surface area contributed by atoms with Gasteiger partial charge in [0.2, 0.25) is 0 Å². The number of anilines is 1. The van der Waals surface area contributed by atoms with E-state index in [2.05, 4.69) is 17.9 Å². The number of rotatable bonds is 8. The average Bonchev–Trinajstić information content (AvgIpc) is 3.06. The Hall–Kier alpha value is -2.15. The van der Waals surface area contributed by atoms with Crippen molar-refractivity contribution < 1.29 is 9.53 Å². The second kappa shape index (κ2) is 11.1. The number of ether oxygens (including phenoxy) is 1. The minimum atomic E-state index is -0.297. The van der Waals surface area contributed by atoms with E-state index in [1.807, 2.05) is 13.0 Å². The molecule has 9 heteroatoms. The predicted octanol–water partition coefficient (Wildman–Crippen LogP) is 3.67. The molecule has 0 atom stereocenters. The highest BCUT2D eigenvalue weighted by Gasteiger charge is 2.33. The number of carbonyl (C=O) groups excluding carboxylic acids is 1. The zero-order valence-electron chi connectivity index (χ0n) is 19.0. The quantitative estimate of drug-likeness (QED) is 0.323. The summed E-state index contributed by atoms with van der Waals surface area (Å²) in [5.41, 5.74) is 1.15. The van der Waals surface area contributed by atoms with Gasteiger partial charge in [-0.25, -0.2) is 0 Å². The molecular formula is C23H30N4O3S2. The van der Waals surface area contributed by atoms with Crippen LogP contribution in [0.1, 0.15) is 56.2 Å². The van der Waals surface area contributed by atoms with E-state index >= 15 is 0 Å². The van der Waals surface area contributed by atoms with Crippen LogP contribution in [0.25, 0.3) is 6.08 Å². The lowest BCUT2D eigenvalue weighted by molar-refractivity contribution is -0.122. The Bertz CT molecular complexity index is 1020. The zero-order chi connectivity index (χ0) is 23.3. The highest BCUT2D eigenvalue weighted by atomic mass is 32.2. The van der Waals surface area contributed by atoms with E-state index in [1.54, 1.807) is 16.4 Å². The Morgan fingerprint density at radius 1 is 1.19 bits per heavy atom. The van der Waals surface area contributed by atoms with E-state index in [9.17, 15) is 14.9 Å². The molecule has 0 aromatic carbocycles. The summed E-state index contributed by atoms with van der Waals surface area (Å²) < 4.78 is 7.69. The molecule has 1 amide bonds. The highest BCUT2D eigenvalue weighted by molar-refractivity contribution is 8.26. The molecule has 2 saturated heterocycles. The van der Waals surface area contributed by atoms with Crippen molar-refractivity contribution >= 4 is 46.1 Å². The fourth-order valence-electron chi connectivity index (χ4n) is 4.07. The van der Waals surface area contributed by atoms with E-state index in [1.165, 1.54) is 11.8 Å². The number of carbonyl (C=O) groups is 1. The van der Waals surface area contributed by atoms with Gasteiger partial charge in [-0.1, -0.05) is 50.2 Å². The van der Waals surface area contributed by atoms with E-state index in [0.717, 1.165) is 37.1 Å². The lowest BCUT2D eigenvalue weighted by Crippen LogP contribution is -2.41. The van der Waals surface area contributed by atoms with Gasteiger partial charge in [-0.3, -0.25) is 19.1 Å². The van der Waals surface area contributed by atoms with Crippen LogP contribution in [0.2, 0.25) is 0 Å². The van der Waals surface area contributed by atoms with E-state index < -0.39 is 0 Å². The molecule has 3 heterocycles. The lowest BCUT2D eigenvalue weighted by atomic mass is 10.0. The molecule has 172 valence electrons. The predicted molar refractivity (Wildman–Crippen MR) is 133 cm³/mol. The number of thiocarbonyl (C=S) groups is 1. The van der Waals surface area contributed by atoms with Gasteiger partial charge in [0.05, 0.1) is 18.1 Å². The summed E-state index contributed by atoms with van der Waals surface area (Å²) in [7, 11) is 0. The number of aromatic nitrogens is 1. The summed E-state index contributed by atoms with van der Waals surface area (Å²) in [6.45, 7) is 9.29. The molecule has 1 aromatic rings. The Morgan fingerprint density at radius 3 is 2.53 bits per heavy atom. The summed E-state index contributed by atoms with van der Waals surface area (Å²) in [6.07, 6.45) is 6.08. The standard InChI is InChI=1S/C23H30N4O3S2/c1-4-6-7-8-9-27-22(29)19(32-23(27)31)14-17-16(3)18(15-24)21(28)26(5-2)20(17)25-10-12-30-13-11-25/h14H,4-13H2,1-3H3. The number of amides is 1. The number of unbranched alkanes of at least 4 members (excludes halogenated alkanes) is 3. The van der Waals surface area contributed by atoms with Crippen molar-refractivity contribution in [3.8, 4) is 6.07 Å². The number of hydrogen-bond donors (Lipinski definition) is 0. The van der Waals surface area contributed by atoms with Gasteiger partial charge < -0.3 is 9.64 Å². The van der Waals surface area contributed by atoms with Crippen LogP contribution < -0.4 is 10.5 Å². The van der Waals surface area contributed by atoms with Crippen molar-refractivity contribution in [3.63, 3.8) is 0 Å². The second-order valence-corrected chi connectivity index (χ2v) is 9.57. The second-order valence-electron chi connectivity index (χ2n) is 7.89. The van der Waals surface area contributed by atoms with Crippen LogP contribution >= 0.6 is 24.0 Å². The highest BCUT2D eigenvalue weighted by Crippen LogP contribution is 2.36. The van der Waals surface area contributed by atoms with E-state index in [-0.39, 0.29) is 17.0 Å². The first kappa shape index (κ1) is 24.5. The summed E-state index contributed by atoms with van der Waals surface area (Å²) >= 11 is 6.78. The maximum Gasteiger partial charge on any atom is 0.270 e. The van der Waals surface area contributed by atoms with Crippen molar-refractivity contribution in [2.75, 3.05) is 37.7 Å². The van der Waals surface area contributed by atoms with Gasteiger partial charge in [-0.2, -0.15) is 5.26 Å². The van der Waals surface area contributed by atoms with Crippen LogP contribution in [0.4, 0.5) is 5.82 Å². The van der Waals surface area contributed by atoms with Crippen LogP contribution in [-0.2, 0) is 16.1 Å².